The zero-order valence-electron chi connectivity index (χ0n) is 8.02. The van der Waals surface area contributed by atoms with E-state index in [0.29, 0.717) is 17.9 Å². The molecule has 0 aromatic rings. The van der Waals surface area contributed by atoms with Gasteiger partial charge in [-0.3, -0.25) is 4.79 Å². The van der Waals surface area contributed by atoms with Crippen LogP contribution in [0.3, 0.4) is 0 Å². The van der Waals surface area contributed by atoms with Gasteiger partial charge in [-0.25, -0.2) is 0 Å². The van der Waals surface area contributed by atoms with Crippen molar-refractivity contribution in [2.24, 2.45) is 5.41 Å². The fraction of sp³-hybridized carbons (Fsp3) is 0.889. The third-order valence-corrected chi connectivity index (χ3v) is 2.29. The number of amides is 1. The molecule has 12 heavy (non-hydrogen) atoms. The van der Waals surface area contributed by atoms with E-state index >= 15 is 0 Å². The predicted octanol–water partition coefficient (Wildman–Crippen LogP) is 2.12. The summed E-state index contributed by atoms with van der Waals surface area (Å²) in [4.78, 5) is 11.1. The second-order valence-corrected chi connectivity index (χ2v) is 4.34. The summed E-state index contributed by atoms with van der Waals surface area (Å²) < 4.78 is 0. The molecule has 1 amide bonds. The van der Waals surface area contributed by atoms with Crippen LogP contribution in [0.1, 0.15) is 40.0 Å². The lowest BCUT2D eigenvalue weighted by molar-refractivity contribution is -0.121. The van der Waals surface area contributed by atoms with Crippen molar-refractivity contribution in [1.82, 2.24) is 5.32 Å². The van der Waals surface area contributed by atoms with E-state index in [4.69, 9.17) is 0 Å². The highest BCUT2D eigenvalue weighted by Crippen LogP contribution is 2.30. The molecule has 0 saturated carbocycles. The van der Waals surface area contributed by atoms with Crippen LogP contribution in [0.25, 0.3) is 0 Å². The highest BCUT2D eigenvalue weighted by molar-refractivity contribution is 5.85. The predicted molar refractivity (Wildman–Crippen MR) is 52.5 cm³/mol. The fourth-order valence-corrected chi connectivity index (χ4v) is 1.78. The van der Waals surface area contributed by atoms with Gasteiger partial charge in [-0.05, 0) is 25.2 Å². The topological polar surface area (TPSA) is 29.1 Å². The zero-order chi connectivity index (χ0) is 8.48. The van der Waals surface area contributed by atoms with Crippen molar-refractivity contribution >= 4 is 18.3 Å². The average molecular weight is 192 g/mol. The molecule has 1 fully saturated rings. The first-order valence-electron chi connectivity index (χ1n) is 4.29. The first kappa shape index (κ1) is 11.8. The maximum absolute atomic E-state index is 11.1. The molecular weight excluding hydrogens is 174 g/mol. The molecule has 1 N–H and O–H groups in total. The lowest BCUT2D eigenvalue weighted by Gasteiger charge is -2.23. The third-order valence-electron chi connectivity index (χ3n) is 2.29. The molecule has 0 bridgehead atoms. The summed E-state index contributed by atoms with van der Waals surface area (Å²) in [5, 5.41) is 2.96. The number of nitrogens with one attached hydrogen (secondary N) is 1. The second kappa shape index (κ2) is 4.13. The molecule has 1 aliphatic heterocycles. The highest BCUT2D eigenvalue weighted by Gasteiger charge is 2.26. The summed E-state index contributed by atoms with van der Waals surface area (Å²) in [6.07, 6.45) is 2.80. The first-order valence-corrected chi connectivity index (χ1v) is 4.29. The summed E-state index contributed by atoms with van der Waals surface area (Å²) in [5.74, 6) is 0.211. The van der Waals surface area contributed by atoms with E-state index < -0.39 is 0 Å². The fourth-order valence-electron chi connectivity index (χ4n) is 1.78. The number of rotatable bonds is 0. The Morgan fingerprint density at radius 2 is 2.08 bits per heavy atom. The third kappa shape index (κ3) is 3.44. The van der Waals surface area contributed by atoms with Crippen molar-refractivity contribution in [2.75, 3.05) is 0 Å². The van der Waals surface area contributed by atoms with Gasteiger partial charge < -0.3 is 5.32 Å². The minimum absolute atomic E-state index is 0. The second-order valence-electron chi connectivity index (χ2n) is 4.34. The van der Waals surface area contributed by atoms with E-state index in [1.165, 1.54) is 0 Å². The van der Waals surface area contributed by atoms with Crippen LogP contribution < -0.4 is 5.32 Å². The molecule has 1 rings (SSSR count). The van der Waals surface area contributed by atoms with Crippen molar-refractivity contribution in [3.63, 3.8) is 0 Å². The van der Waals surface area contributed by atoms with Crippen molar-refractivity contribution in [3.05, 3.63) is 0 Å². The Labute approximate surface area is 80.5 Å². The molecule has 0 radical (unpaired) electrons. The molecule has 1 unspecified atom stereocenters. The molecule has 72 valence electrons. The van der Waals surface area contributed by atoms with Gasteiger partial charge >= 0.3 is 0 Å². The van der Waals surface area contributed by atoms with E-state index in [9.17, 15) is 4.79 Å². The molecule has 2 nitrogen and oxygen atoms in total. The van der Waals surface area contributed by atoms with Gasteiger partial charge in [0.2, 0.25) is 5.91 Å². The molecule has 0 spiro atoms. The number of carbonyl (C=O) groups is 1. The number of carbonyl (C=O) groups excluding carboxylic acids is 1. The van der Waals surface area contributed by atoms with Gasteiger partial charge in [0.15, 0.2) is 0 Å². The van der Waals surface area contributed by atoms with Crippen molar-refractivity contribution in [2.45, 2.75) is 46.1 Å². The van der Waals surface area contributed by atoms with Crippen LogP contribution in [0.5, 0.6) is 0 Å². The Kier molecular flexibility index (Phi) is 4.04. The van der Waals surface area contributed by atoms with Gasteiger partial charge in [0.05, 0.1) is 0 Å². The van der Waals surface area contributed by atoms with Crippen LogP contribution in [0.2, 0.25) is 0 Å². The molecule has 3 heteroatoms. The summed E-state index contributed by atoms with van der Waals surface area (Å²) in [6.45, 7) is 6.53. The van der Waals surface area contributed by atoms with E-state index in [1.54, 1.807) is 0 Å². The summed E-state index contributed by atoms with van der Waals surface area (Å²) >= 11 is 0. The molecule has 1 atom stereocenters. The number of halogens is 1. The van der Waals surface area contributed by atoms with Crippen molar-refractivity contribution in [1.29, 1.82) is 0 Å². The van der Waals surface area contributed by atoms with Gasteiger partial charge in [0.25, 0.3) is 0 Å². The van der Waals surface area contributed by atoms with Crippen LogP contribution in [0.4, 0.5) is 0 Å². The lowest BCUT2D eigenvalue weighted by Crippen LogP contribution is -2.31. The van der Waals surface area contributed by atoms with Crippen LogP contribution >= 0.6 is 12.4 Å². The summed E-state index contributed by atoms with van der Waals surface area (Å²) in [5.41, 5.74) is 0.332. The van der Waals surface area contributed by atoms with Gasteiger partial charge in [-0.15, -0.1) is 12.4 Å². The Morgan fingerprint density at radius 3 is 2.67 bits per heavy atom. The Morgan fingerprint density at radius 1 is 1.50 bits per heavy atom. The molecular formula is C9H18ClNO. The maximum Gasteiger partial charge on any atom is 0.220 e. The smallest absolute Gasteiger partial charge is 0.220 e. The summed E-state index contributed by atoms with van der Waals surface area (Å²) in [7, 11) is 0. The Bertz CT molecular complexity index is 168. The maximum atomic E-state index is 11.1. The highest BCUT2D eigenvalue weighted by atomic mass is 35.5. The van der Waals surface area contributed by atoms with Gasteiger partial charge in [0.1, 0.15) is 0 Å². The Hall–Kier alpha value is -0.240. The molecule has 1 heterocycles. The molecule has 0 aromatic carbocycles. The van der Waals surface area contributed by atoms with Crippen LogP contribution in [0.15, 0.2) is 0 Å². The molecule has 1 saturated heterocycles. The standard InChI is InChI=1S/C9H17NO.ClH/c1-7-6-9(2,3)5-4-8(11)10-7;/h7H,4-6H2,1-3H3,(H,10,11);1H. The molecule has 0 aliphatic carbocycles. The minimum Gasteiger partial charge on any atom is -0.354 e. The lowest BCUT2D eigenvalue weighted by atomic mass is 9.83. The Balaban J connectivity index is 0.00000121. The average Bonchev–Trinajstić information content (AvgIpc) is 1.90. The van der Waals surface area contributed by atoms with Gasteiger partial charge in [0, 0.05) is 12.5 Å². The quantitative estimate of drug-likeness (QED) is 0.625. The number of hydrogen-bond donors (Lipinski definition) is 1. The van der Waals surface area contributed by atoms with Gasteiger partial charge in [-0.2, -0.15) is 0 Å². The van der Waals surface area contributed by atoms with E-state index in [2.05, 4.69) is 26.1 Å². The van der Waals surface area contributed by atoms with Crippen LogP contribution in [0, 0.1) is 5.41 Å². The van der Waals surface area contributed by atoms with Crippen LogP contribution in [-0.2, 0) is 4.79 Å². The first-order chi connectivity index (χ1) is 4.99. The van der Waals surface area contributed by atoms with E-state index in [1.807, 2.05) is 0 Å². The van der Waals surface area contributed by atoms with Crippen LogP contribution in [-0.4, -0.2) is 11.9 Å². The monoisotopic (exact) mass is 191 g/mol. The molecule has 0 aromatic heterocycles. The van der Waals surface area contributed by atoms with Crippen molar-refractivity contribution < 1.29 is 4.79 Å². The van der Waals surface area contributed by atoms with E-state index in [-0.39, 0.29) is 18.3 Å². The zero-order valence-corrected chi connectivity index (χ0v) is 8.83. The minimum atomic E-state index is 0. The summed E-state index contributed by atoms with van der Waals surface area (Å²) in [6, 6.07) is 0.347. The largest absolute Gasteiger partial charge is 0.354 e. The normalized spacial score (nSPS) is 28.2. The van der Waals surface area contributed by atoms with Crippen molar-refractivity contribution in [3.8, 4) is 0 Å². The van der Waals surface area contributed by atoms with E-state index in [0.717, 1.165) is 12.8 Å². The molecule has 1 aliphatic rings. The SMILES string of the molecule is CC1CC(C)(C)CCC(=O)N1.Cl. The van der Waals surface area contributed by atoms with Gasteiger partial charge in [-0.1, -0.05) is 13.8 Å². The number of hydrogen-bond acceptors (Lipinski definition) is 1.